The molecular weight excluding hydrogens is 300 g/mol. The highest BCUT2D eigenvalue weighted by molar-refractivity contribution is 7.92. The molecule has 0 aliphatic carbocycles. The molecule has 0 aliphatic rings. The van der Waals surface area contributed by atoms with Crippen molar-refractivity contribution in [2.24, 2.45) is 0 Å². The van der Waals surface area contributed by atoms with Crippen molar-refractivity contribution in [3.05, 3.63) is 46.4 Å². The van der Waals surface area contributed by atoms with Crippen molar-refractivity contribution < 1.29 is 18.3 Å². The summed E-state index contributed by atoms with van der Waals surface area (Å²) in [5.41, 5.74) is 0.964. The molecule has 2 rings (SSSR count). The summed E-state index contributed by atoms with van der Waals surface area (Å²) in [5, 5.41) is 10.5. The molecule has 0 saturated heterocycles. The van der Waals surface area contributed by atoms with Crippen LogP contribution in [0.5, 0.6) is 0 Å². The maximum atomic E-state index is 11.9. The molecule has 0 radical (unpaired) electrons. The first kappa shape index (κ1) is 14.5. The third-order valence-electron chi connectivity index (χ3n) is 2.53. The first-order valence-electron chi connectivity index (χ1n) is 5.68. The molecule has 0 bridgehead atoms. The molecule has 0 atom stereocenters. The van der Waals surface area contributed by atoms with Crippen molar-refractivity contribution in [1.82, 2.24) is 4.98 Å². The minimum atomic E-state index is -3.59. The van der Waals surface area contributed by atoms with Gasteiger partial charge in [0, 0.05) is 12.4 Å². The number of hydrogen-bond donors (Lipinski definition) is 2. The van der Waals surface area contributed by atoms with Gasteiger partial charge in [-0.25, -0.2) is 13.2 Å². The minimum absolute atomic E-state index is 0.0162. The quantitative estimate of drug-likeness (QED) is 0.848. The van der Waals surface area contributed by atoms with Crippen LogP contribution < -0.4 is 4.72 Å². The van der Waals surface area contributed by atoms with E-state index in [0.717, 1.165) is 16.9 Å². The highest BCUT2D eigenvalue weighted by atomic mass is 32.2. The van der Waals surface area contributed by atoms with E-state index < -0.39 is 16.0 Å². The number of carboxylic acid groups (broad SMARTS) is 1. The number of carboxylic acids is 1. The van der Waals surface area contributed by atoms with Crippen LogP contribution in [0.25, 0.3) is 0 Å². The van der Waals surface area contributed by atoms with Gasteiger partial charge in [0.05, 0.1) is 11.4 Å². The zero-order chi connectivity index (χ0) is 14.6. The van der Waals surface area contributed by atoms with Gasteiger partial charge in [-0.15, -0.1) is 11.3 Å². The lowest BCUT2D eigenvalue weighted by molar-refractivity contribution is 0.0703. The third kappa shape index (κ3) is 3.78. The Balaban J connectivity index is 2.04. The summed E-state index contributed by atoms with van der Waals surface area (Å²) < 4.78 is 26.2. The normalized spacial score (nSPS) is 11.2. The Morgan fingerprint density at radius 3 is 2.65 bits per heavy atom. The van der Waals surface area contributed by atoms with E-state index in [4.69, 9.17) is 5.11 Å². The van der Waals surface area contributed by atoms with Gasteiger partial charge in [0.15, 0.2) is 0 Å². The van der Waals surface area contributed by atoms with Crippen LogP contribution in [0.2, 0.25) is 0 Å². The number of aromatic nitrogens is 1. The molecule has 0 spiro atoms. The van der Waals surface area contributed by atoms with Gasteiger partial charge in [-0.3, -0.25) is 9.71 Å². The topological polar surface area (TPSA) is 96.4 Å². The van der Waals surface area contributed by atoms with Crippen molar-refractivity contribution in [1.29, 1.82) is 0 Å². The Kier molecular flexibility index (Phi) is 4.35. The predicted molar refractivity (Wildman–Crippen MR) is 76.6 cm³/mol. The smallest absolute Gasteiger partial charge is 0.348 e. The van der Waals surface area contributed by atoms with Crippen LogP contribution in [0.1, 0.15) is 15.2 Å². The van der Waals surface area contributed by atoms with Gasteiger partial charge >= 0.3 is 5.97 Å². The molecule has 106 valence electrons. The second-order valence-electron chi connectivity index (χ2n) is 3.99. The first-order valence-corrected chi connectivity index (χ1v) is 8.21. The van der Waals surface area contributed by atoms with Gasteiger partial charge in [-0.1, -0.05) is 0 Å². The molecule has 8 heteroatoms. The molecule has 2 N–H and O–H groups in total. The van der Waals surface area contributed by atoms with Crippen LogP contribution in [0, 0.1) is 0 Å². The van der Waals surface area contributed by atoms with Gasteiger partial charge in [0.2, 0.25) is 10.0 Å². The molecule has 0 saturated carbocycles. The molecule has 0 amide bonds. The van der Waals surface area contributed by atoms with Crippen molar-refractivity contribution in [2.45, 2.75) is 6.42 Å². The fraction of sp³-hybridized carbons (Fsp3) is 0.167. The second-order valence-corrected chi connectivity index (χ2v) is 6.75. The average molecular weight is 312 g/mol. The van der Waals surface area contributed by atoms with Crippen LogP contribution in [0.3, 0.4) is 0 Å². The molecule has 0 aliphatic heterocycles. The molecule has 20 heavy (non-hydrogen) atoms. The number of aryl methyl sites for hydroxylation is 1. The average Bonchev–Trinajstić information content (AvgIpc) is 2.85. The molecule has 0 fully saturated rings. The molecular formula is C12H12N2O4S2. The van der Waals surface area contributed by atoms with E-state index in [9.17, 15) is 13.2 Å². The number of nitrogens with one attached hydrogen (secondary N) is 1. The number of pyridine rings is 1. The van der Waals surface area contributed by atoms with Gasteiger partial charge in [0.25, 0.3) is 0 Å². The summed E-state index contributed by atoms with van der Waals surface area (Å²) in [6.45, 7) is 0. The highest BCUT2D eigenvalue weighted by Gasteiger charge is 2.17. The van der Waals surface area contributed by atoms with Gasteiger partial charge in [-0.2, -0.15) is 0 Å². The predicted octanol–water partition coefficient (Wildman–Crippen LogP) is 1.83. The Bertz CT molecular complexity index is 695. The van der Waals surface area contributed by atoms with E-state index >= 15 is 0 Å². The first-order chi connectivity index (χ1) is 9.48. The largest absolute Gasteiger partial charge is 0.477 e. The van der Waals surface area contributed by atoms with Crippen LogP contribution >= 0.6 is 11.3 Å². The summed E-state index contributed by atoms with van der Waals surface area (Å²) in [6.07, 6.45) is 3.53. The van der Waals surface area contributed by atoms with E-state index in [-0.39, 0.29) is 16.3 Å². The number of sulfonamides is 1. The Morgan fingerprint density at radius 2 is 2.00 bits per heavy atom. The third-order valence-corrected chi connectivity index (χ3v) is 4.71. The standard InChI is InChI=1S/C12H12N2O4S2/c15-12(16)11-10(3-7-19-11)14-20(17,18)8-4-9-1-5-13-6-2-9/h1-3,5-7,14H,4,8H2,(H,15,16). The number of hydrogen-bond acceptors (Lipinski definition) is 5. The zero-order valence-electron chi connectivity index (χ0n) is 10.3. The van der Waals surface area contributed by atoms with E-state index in [1.54, 1.807) is 24.5 Å². The maximum absolute atomic E-state index is 11.9. The number of anilines is 1. The molecule has 2 aromatic rings. The van der Waals surface area contributed by atoms with Gasteiger partial charge < -0.3 is 5.11 Å². The van der Waals surface area contributed by atoms with Crippen molar-refractivity contribution in [3.63, 3.8) is 0 Å². The lowest BCUT2D eigenvalue weighted by Gasteiger charge is -2.07. The van der Waals surface area contributed by atoms with E-state index in [0.29, 0.717) is 6.42 Å². The lowest BCUT2D eigenvalue weighted by Crippen LogP contribution is -2.19. The van der Waals surface area contributed by atoms with Gasteiger partial charge in [-0.05, 0) is 35.6 Å². The number of nitrogens with zero attached hydrogens (tertiary/aromatic N) is 1. The molecule has 0 aromatic carbocycles. The van der Waals surface area contributed by atoms with Gasteiger partial charge in [0.1, 0.15) is 4.88 Å². The maximum Gasteiger partial charge on any atom is 0.348 e. The number of carbonyl (C=O) groups is 1. The number of thiophene rings is 1. The van der Waals surface area contributed by atoms with E-state index in [1.807, 2.05) is 0 Å². The number of rotatable bonds is 6. The van der Waals surface area contributed by atoms with Crippen LogP contribution in [0.4, 0.5) is 5.69 Å². The Morgan fingerprint density at radius 1 is 1.30 bits per heavy atom. The Hall–Kier alpha value is -1.93. The lowest BCUT2D eigenvalue weighted by atomic mass is 10.2. The van der Waals surface area contributed by atoms with Crippen molar-refractivity contribution in [2.75, 3.05) is 10.5 Å². The summed E-state index contributed by atoms with van der Waals surface area (Å²) in [7, 11) is -3.59. The SMILES string of the molecule is O=C(O)c1sccc1NS(=O)(=O)CCc1ccncc1. The monoisotopic (exact) mass is 312 g/mol. The van der Waals surface area contributed by atoms with Crippen LogP contribution in [-0.2, 0) is 16.4 Å². The summed E-state index contributed by atoms with van der Waals surface area (Å²) >= 11 is 0.978. The summed E-state index contributed by atoms with van der Waals surface area (Å²) in [6, 6.07) is 4.92. The second kappa shape index (κ2) is 6.02. The van der Waals surface area contributed by atoms with Crippen molar-refractivity contribution >= 4 is 33.0 Å². The summed E-state index contributed by atoms with van der Waals surface area (Å²) in [4.78, 5) is 14.8. The van der Waals surface area contributed by atoms with E-state index in [2.05, 4.69) is 9.71 Å². The summed E-state index contributed by atoms with van der Waals surface area (Å²) in [5.74, 6) is -1.27. The number of aromatic carboxylic acids is 1. The zero-order valence-corrected chi connectivity index (χ0v) is 11.9. The van der Waals surface area contributed by atoms with Crippen LogP contribution in [-0.4, -0.2) is 30.2 Å². The van der Waals surface area contributed by atoms with Crippen LogP contribution in [0.15, 0.2) is 36.0 Å². The highest BCUT2D eigenvalue weighted by Crippen LogP contribution is 2.23. The molecule has 2 heterocycles. The van der Waals surface area contributed by atoms with Crippen molar-refractivity contribution in [3.8, 4) is 0 Å². The molecule has 2 aromatic heterocycles. The minimum Gasteiger partial charge on any atom is -0.477 e. The fourth-order valence-electron chi connectivity index (χ4n) is 1.58. The fourth-order valence-corrected chi connectivity index (χ4v) is 3.44. The molecule has 6 nitrogen and oxygen atoms in total. The molecule has 0 unspecified atom stereocenters. The van der Waals surface area contributed by atoms with E-state index in [1.165, 1.54) is 11.4 Å². The Labute approximate surface area is 120 Å².